The monoisotopic (exact) mass is 377 g/mol. The number of carbonyl (C=O) groups excluding carboxylic acids is 1. The van der Waals surface area contributed by atoms with Gasteiger partial charge in [0.15, 0.2) is 6.61 Å². The number of hydrogen-bond donors (Lipinski definition) is 1. The molecule has 0 radical (unpaired) electrons. The zero-order chi connectivity index (χ0) is 17.7. The van der Waals surface area contributed by atoms with Gasteiger partial charge >= 0.3 is 6.18 Å². The van der Waals surface area contributed by atoms with E-state index >= 15 is 0 Å². The summed E-state index contributed by atoms with van der Waals surface area (Å²) in [6.07, 6.45) is -4.47. The molecule has 0 bridgehead atoms. The molecule has 2 rings (SSSR count). The molecule has 0 aliphatic carbocycles. The van der Waals surface area contributed by atoms with Crippen LogP contribution in [0.1, 0.15) is 11.1 Å². The van der Waals surface area contributed by atoms with Gasteiger partial charge < -0.3 is 10.1 Å². The van der Waals surface area contributed by atoms with Crippen molar-refractivity contribution in [2.24, 2.45) is 0 Å². The van der Waals surface area contributed by atoms with Gasteiger partial charge in [-0.3, -0.25) is 4.79 Å². The van der Waals surface area contributed by atoms with Gasteiger partial charge in [-0.05, 0) is 35.9 Å². The van der Waals surface area contributed by atoms with Crippen LogP contribution in [0.15, 0.2) is 42.5 Å². The van der Waals surface area contributed by atoms with Crippen molar-refractivity contribution < 1.29 is 22.7 Å². The smallest absolute Gasteiger partial charge is 0.416 e. The summed E-state index contributed by atoms with van der Waals surface area (Å²) in [6, 6.07) is 9.16. The van der Waals surface area contributed by atoms with E-state index in [1.165, 1.54) is 12.1 Å². The lowest BCUT2D eigenvalue weighted by molar-refractivity contribution is -0.137. The van der Waals surface area contributed by atoms with E-state index in [0.717, 1.165) is 12.1 Å². The zero-order valence-electron chi connectivity index (χ0n) is 12.2. The lowest BCUT2D eigenvalue weighted by Crippen LogP contribution is -2.28. The minimum absolute atomic E-state index is 0.0375. The average molecular weight is 378 g/mol. The second-order valence-corrected chi connectivity index (χ2v) is 5.67. The highest BCUT2D eigenvalue weighted by Crippen LogP contribution is 2.31. The molecule has 2 aromatic rings. The van der Waals surface area contributed by atoms with Crippen LogP contribution >= 0.6 is 23.2 Å². The summed E-state index contributed by atoms with van der Waals surface area (Å²) in [5.41, 5.74) is -0.179. The first-order valence-electron chi connectivity index (χ1n) is 6.76. The van der Waals surface area contributed by atoms with Gasteiger partial charge in [0.25, 0.3) is 5.91 Å². The lowest BCUT2D eigenvalue weighted by atomic mass is 10.2. The minimum Gasteiger partial charge on any atom is -0.484 e. The first kappa shape index (κ1) is 18.4. The van der Waals surface area contributed by atoms with Crippen LogP contribution in [-0.4, -0.2) is 12.5 Å². The van der Waals surface area contributed by atoms with Crippen LogP contribution in [0.3, 0.4) is 0 Å². The summed E-state index contributed by atoms with van der Waals surface area (Å²) < 4.78 is 42.8. The topological polar surface area (TPSA) is 38.3 Å². The molecule has 0 spiro atoms. The van der Waals surface area contributed by atoms with E-state index in [-0.39, 0.29) is 12.3 Å². The van der Waals surface area contributed by atoms with Crippen molar-refractivity contribution in [1.29, 1.82) is 0 Å². The number of nitrogens with one attached hydrogen (secondary N) is 1. The predicted octanol–water partition coefficient (Wildman–Crippen LogP) is 4.71. The number of alkyl halides is 3. The molecule has 0 fully saturated rings. The summed E-state index contributed by atoms with van der Waals surface area (Å²) in [4.78, 5) is 11.7. The molecule has 8 heteroatoms. The molecule has 0 aromatic heterocycles. The second-order valence-electron chi connectivity index (χ2n) is 4.83. The van der Waals surface area contributed by atoms with Gasteiger partial charge in [0, 0.05) is 16.6 Å². The minimum atomic E-state index is -4.47. The molecule has 3 nitrogen and oxygen atoms in total. The first-order valence-corrected chi connectivity index (χ1v) is 7.52. The van der Waals surface area contributed by atoms with Gasteiger partial charge in [-0.15, -0.1) is 0 Å². The number of carbonyl (C=O) groups is 1. The van der Waals surface area contributed by atoms with E-state index in [0.29, 0.717) is 15.6 Å². The van der Waals surface area contributed by atoms with Crippen molar-refractivity contribution in [2.75, 3.05) is 6.61 Å². The Morgan fingerprint density at radius 1 is 1.12 bits per heavy atom. The highest BCUT2D eigenvalue weighted by molar-refractivity contribution is 6.35. The third-order valence-electron chi connectivity index (χ3n) is 3.02. The van der Waals surface area contributed by atoms with Gasteiger partial charge in [-0.1, -0.05) is 35.3 Å². The normalized spacial score (nSPS) is 11.2. The highest BCUT2D eigenvalue weighted by Gasteiger charge is 2.30. The Kier molecular flexibility index (Phi) is 5.96. The molecule has 24 heavy (non-hydrogen) atoms. The molecule has 0 saturated carbocycles. The average Bonchev–Trinajstić information content (AvgIpc) is 2.51. The maximum Gasteiger partial charge on any atom is 0.416 e. The second kappa shape index (κ2) is 7.77. The van der Waals surface area contributed by atoms with E-state index in [1.54, 1.807) is 18.2 Å². The van der Waals surface area contributed by atoms with E-state index in [1.807, 2.05) is 0 Å². The largest absolute Gasteiger partial charge is 0.484 e. The van der Waals surface area contributed by atoms with Crippen LogP contribution < -0.4 is 10.1 Å². The quantitative estimate of drug-likeness (QED) is 0.819. The van der Waals surface area contributed by atoms with Gasteiger partial charge in [-0.25, -0.2) is 0 Å². The summed E-state index contributed by atoms with van der Waals surface area (Å²) in [7, 11) is 0. The molecule has 0 aliphatic heterocycles. The Morgan fingerprint density at radius 2 is 1.88 bits per heavy atom. The number of amides is 1. The molecular formula is C16H12Cl2F3NO2. The molecule has 128 valence electrons. The fourth-order valence-electron chi connectivity index (χ4n) is 1.82. The summed E-state index contributed by atoms with van der Waals surface area (Å²) in [5.74, 6) is -0.525. The number of ether oxygens (including phenoxy) is 1. The van der Waals surface area contributed by atoms with Crippen molar-refractivity contribution >= 4 is 29.1 Å². The Balaban J connectivity index is 1.87. The molecular weight excluding hydrogens is 366 g/mol. The van der Waals surface area contributed by atoms with Crippen LogP contribution in [0.5, 0.6) is 5.75 Å². The molecule has 0 unspecified atom stereocenters. The molecule has 1 amide bonds. The molecule has 1 N–H and O–H groups in total. The highest BCUT2D eigenvalue weighted by atomic mass is 35.5. The molecule has 0 saturated heterocycles. The van der Waals surface area contributed by atoms with Crippen LogP contribution in [0.2, 0.25) is 10.0 Å². The van der Waals surface area contributed by atoms with Crippen molar-refractivity contribution in [3.05, 3.63) is 63.6 Å². The Labute approximate surface area is 146 Å². The first-order chi connectivity index (χ1) is 11.3. The summed E-state index contributed by atoms with van der Waals surface area (Å²) in [6.45, 7) is -0.257. The third kappa shape index (κ3) is 5.32. The van der Waals surface area contributed by atoms with Gasteiger partial charge in [0.05, 0.1) is 5.56 Å². The van der Waals surface area contributed by atoms with Gasteiger partial charge in [0.1, 0.15) is 5.75 Å². The fraction of sp³-hybridized carbons (Fsp3) is 0.188. The van der Waals surface area contributed by atoms with Crippen LogP contribution in [0.25, 0.3) is 0 Å². The maximum absolute atomic E-state index is 12.6. The van der Waals surface area contributed by atoms with Crippen molar-refractivity contribution in [3.63, 3.8) is 0 Å². The lowest BCUT2D eigenvalue weighted by Gasteiger charge is -2.11. The third-order valence-corrected chi connectivity index (χ3v) is 3.61. The van der Waals surface area contributed by atoms with Crippen LogP contribution in [0, 0.1) is 0 Å². The molecule has 0 aliphatic rings. The Bertz CT molecular complexity index is 736. The number of hydrogen-bond acceptors (Lipinski definition) is 2. The SMILES string of the molecule is O=C(COc1cccc(C(F)(F)F)c1)NCc1ccc(Cl)cc1Cl. The van der Waals surface area contributed by atoms with Crippen molar-refractivity contribution in [2.45, 2.75) is 12.7 Å². The molecule has 2 aromatic carbocycles. The predicted molar refractivity (Wildman–Crippen MR) is 85.2 cm³/mol. The van der Waals surface area contributed by atoms with Crippen molar-refractivity contribution in [1.82, 2.24) is 5.32 Å². The van der Waals surface area contributed by atoms with Gasteiger partial charge in [0.2, 0.25) is 0 Å². The standard InChI is InChI=1S/C16H12Cl2F3NO2/c17-12-5-4-10(14(18)7-12)8-22-15(23)9-24-13-3-1-2-11(6-13)16(19,20)21/h1-7H,8-9H2,(H,22,23). The summed E-state index contributed by atoms with van der Waals surface area (Å²) in [5, 5.41) is 3.44. The molecule has 0 atom stereocenters. The number of benzene rings is 2. The van der Waals surface area contributed by atoms with Gasteiger partial charge in [-0.2, -0.15) is 13.2 Å². The van der Waals surface area contributed by atoms with E-state index in [2.05, 4.69) is 5.32 Å². The van der Waals surface area contributed by atoms with Crippen LogP contribution in [0.4, 0.5) is 13.2 Å². The Morgan fingerprint density at radius 3 is 2.54 bits per heavy atom. The van der Waals surface area contributed by atoms with Crippen LogP contribution in [-0.2, 0) is 17.5 Å². The number of halogens is 5. The Hall–Kier alpha value is -1.92. The molecule has 0 heterocycles. The maximum atomic E-state index is 12.6. The van der Waals surface area contributed by atoms with E-state index in [4.69, 9.17) is 27.9 Å². The zero-order valence-corrected chi connectivity index (χ0v) is 13.7. The van der Waals surface area contributed by atoms with Crippen molar-refractivity contribution in [3.8, 4) is 5.75 Å². The number of rotatable bonds is 5. The van der Waals surface area contributed by atoms with E-state index in [9.17, 15) is 18.0 Å². The fourth-order valence-corrected chi connectivity index (χ4v) is 2.30. The summed E-state index contributed by atoms with van der Waals surface area (Å²) >= 11 is 11.7. The van der Waals surface area contributed by atoms with E-state index < -0.39 is 24.3 Å².